The Morgan fingerprint density at radius 2 is 1.86 bits per heavy atom. The summed E-state index contributed by atoms with van der Waals surface area (Å²) in [6, 6.07) is 8.66. The molecule has 0 spiro atoms. The quantitative estimate of drug-likeness (QED) is 0.887. The van der Waals surface area contributed by atoms with E-state index in [1.165, 1.54) is 11.1 Å². The van der Waals surface area contributed by atoms with Crippen molar-refractivity contribution in [1.82, 2.24) is 9.78 Å². The smallest absolute Gasteiger partial charge is 0.0847 e. The topological polar surface area (TPSA) is 43.8 Å². The Hall–Kier alpha value is -1.32. The van der Waals surface area contributed by atoms with Gasteiger partial charge < -0.3 is 5.73 Å². The molecule has 1 atom stereocenters. The molecule has 0 aliphatic carbocycles. The van der Waals surface area contributed by atoms with Crippen molar-refractivity contribution in [2.75, 3.05) is 6.54 Å². The summed E-state index contributed by atoms with van der Waals surface area (Å²) in [5.74, 6) is 0.381. The van der Waals surface area contributed by atoms with Crippen molar-refractivity contribution in [3.8, 4) is 0 Å². The zero-order valence-corrected chi connectivity index (χ0v) is 13.8. The molecule has 1 aromatic heterocycles. The molecule has 4 heteroatoms. The van der Waals surface area contributed by atoms with Crippen LogP contribution in [0.25, 0.3) is 0 Å². The lowest BCUT2D eigenvalue weighted by Gasteiger charge is -2.16. The summed E-state index contributed by atoms with van der Waals surface area (Å²) in [7, 11) is 0. The molecule has 2 rings (SSSR count). The van der Waals surface area contributed by atoms with E-state index >= 15 is 0 Å². The Morgan fingerprint density at radius 1 is 1.19 bits per heavy atom. The molecule has 0 fully saturated rings. The Labute approximate surface area is 132 Å². The second-order valence-electron chi connectivity index (χ2n) is 5.66. The molecule has 0 aliphatic rings. The first kappa shape index (κ1) is 16.1. The van der Waals surface area contributed by atoms with E-state index < -0.39 is 0 Å². The largest absolute Gasteiger partial charge is 0.330 e. The Balaban J connectivity index is 2.14. The van der Waals surface area contributed by atoms with Gasteiger partial charge in [-0.2, -0.15) is 5.10 Å². The van der Waals surface area contributed by atoms with Crippen LogP contribution in [0.1, 0.15) is 29.4 Å². The van der Waals surface area contributed by atoms with Crippen molar-refractivity contribution in [3.05, 3.63) is 51.8 Å². The van der Waals surface area contributed by atoms with Crippen molar-refractivity contribution in [2.45, 2.75) is 40.2 Å². The third kappa shape index (κ3) is 3.86. The van der Waals surface area contributed by atoms with E-state index in [0.717, 1.165) is 35.8 Å². The van der Waals surface area contributed by atoms with E-state index in [-0.39, 0.29) is 0 Å². The number of benzene rings is 1. The maximum absolute atomic E-state index is 6.39. The van der Waals surface area contributed by atoms with E-state index in [9.17, 15) is 0 Å². The van der Waals surface area contributed by atoms with Crippen LogP contribution in [0.3, 0.4) is 0 Å². The van der Waals surface area contributed by atoms with Gasteiger partial charge in [0.2, 0.25) is 0 Å². The molecule has 21 heavy (non-hydrogen) atoms. The second kappa shape index (κ2) is 7.10. The zero-order chi connectivity index (χ0) is 15.4. The monoisotopic (exact) mass is 305 g/mol. The van der Waals surface area contributed by atoms with Gasteiger partial charge in [0.1, 0.15) is 0 Å². The predicted molar refractivity (Wildman–Crippen MR) is 88.8 cm³/mol. The molecule has 1 aromatic carbocycles. The Morgan fingerprint density at radius 3 is 2.43 bits per heavy atom. The van der Waals surface area contributed by atoms with E-state index in [1.807, 2.05) is 11.6 Å². The molecular formula is C17H24ClN3. The number of hydrogen-bond donors (Lipinski definition) is 1. The molecule has 0 amide bonds. The van der Waals surface area contributed by atoms with E-state index in [1.54, 1.807) is 0 Å². The van der Waals surface area contributed by atoms with Crippen LogP contribution in [0.4, 0.5) is 0 Å². The first-order valence-electron chi connectivity index (χ1n) is 7.52. The third-order valence-corrected chi connectivity index (χ3v) is 4.40. The van der Waals surface area contributed by atoms with Crippen molar-refractivity contribution >= 4 is 11.6 Å². The van der Waals surface area contributed by atoms with Crippen molar-refractivity contribution in [2.24, 2.45) is 11.7 Å². The van der Waals surface area contributed by atoms with Crippen LogP contribution in [0.15, 0.2) is 24.3 Å². The van der Waals surface area contributed by atoms with Crippen LogP contribution in [0, 0.1) is 19.8 Å². The molecule has 1 unspecified atom stereocenters. The van der Waals surface area contributed by atoms with E-state index in [2.05, 4.69) is 43.2 Å². The maximum atomic E-state index is 6.39. The van der Waals surface area contributed by atoms with Gasteiger partial charge in [-0.25, -0.2) is 0 Å². The third-order valence-electron chi connectivity index (χ3n) is 3.91. The molecule has 3 nitrogen and oxygen atoms in total. The summed E-state index contributed by atoms with van der Waals surface area (Å²) in [6.07, 6.45) is 1.85. The molecule has 0 bridgehead atoms. The normalized spacial score (nSPS) is 12.6. The average Bonchev–Trinajstić information content (AvgIpc) is 2.76. The van der Waals surface area contributed by atoms with Crippen LogP contribution in [0.2, 0.25) is 5.02 Å². The first-order valence-corrected chi connectivity index (χ1v) is 7.90. The highest BCUT2D eigenvalue weighted by molar-refractivity contribution is 6.31. The van der Waals surface area contributed by atoms with Crippen LogP contribution >= 0.6 is 11.6 Å². The van der Waals surface area contributed by atoms with Crippen molar-refractivity contribution in [3.63, 3.8) is 0 Å². The lowest BCUT2D eigenvalue weighted by atomic mass is 9.94. The number of aryl methyl sites for hydroxylation is 3. The minimum atomic E-state index is 0.381. The molecule has 114 valence electrons. The standard InChI is InChI=1S/C17H24ClN3/c1-4-21-16(17(18)13(3)20-21)10-15(11-19)9-14-7-5-12(2)6-8-14/h5-8,15H,4,9-11,19H2,1-3H3. The number of nitrogens with zero attached hydrogens (tertiary/aromatic N) is 2. The number of nitrogens with two attached hydrogens (primary N) is 1. The molecule has 0 saturated heterocycles. The van der Waals surface area contributed by atoms with Crippen LogP contribution in [-0.2, 0) is 19.4 Å². The minimum Gasteiger partial charge on any atom is -0.330 e. The second-order valence-corrected chi connectivity index (χ2v) is 6.04. The van der Waals surface area contributed by atoms with Crippen LogP contribution in [0.5, 0.6) is 0 Å². The summed E-state index contributed by atoms with van der Waals surface area (Å²) in [6.45, 7) is 7.63. The molecule has 1 heterocycles. The summed E-state index contributed by atoms with van der Waals surface area (Å²) < 4.78 is 2.00. The number of halogens is 1. The van der Waals surface area contributed by atoms with Gasteiger partial charge in [-0.05, 0) is 51.6 Å². The van der Waals surface area contributed by atoms with Gasteiger partial charge in [-0.1, -0.05) is 41.4 Å². The number of aromatic nitrogens is 2. The summed E-state index contributed by atoms with van der Waals surface area (Å²) in [4.78, 5) is 0. The number of rotatable bonds is 6. The highest BCUT2D eigenvalue weighted by Gasteiger charge is 2.17. The van der Waals surface area contributed by atoms with E-state index in [0.29, 0.717) is 12.5 Å². The van der Waals surface area contributed by atoms with Crippen LogP contribution in [-0.4, -0.2) is 16.3 Å². The maximum Gasteiger partial charge on any atom is 0.0847 e. The highest BCUT2D eigenvalue weighted by Crippen LogP contribution is 2.24. The molecule has 0 aliphatic heterocycles. The van der Waals surface area contributed by atoms with E-state index in [4.69, 9.17) is 17.3 Å². The fourth-order valence-corrected chi connectivity index (χ4v) is 2.85. The molecule has 2 N–H and O–H groups in total. The van der Waals surface area contributed by atoms with Gasteiger partial charge >= 0.3 is 0 Å². The van der Waals surface area contributed by atoms with Gasteiger partial charge in [0, 0.05) is 6.54 Å². The lowest BCUT2D eigenvalue weighted by molar-refractivity contribution is 0.499. The van der Waals surface area contributed by atoms with Crippen molar-refractivity contribution in [1.29, 1.82) is 0 Å². The highest BCUT2D eigenvalue weighted by atomic mass is 35.5. The van der Waals surface area contributed by atoms with Gasteiger partial charge in [0.25, 0.3) is 0 Å². The molecule has 0 radical (unpaired) electrons. The van der Waals surface area contributed by atoms with Gasteiger partial charge in [-0.3, -0.25) is 4.68 Å². The summed E-state index contributed by atoms with van der Waals surface area (Å²) in [5, 5.41) is 5.27. The lowest BCUT2D eigenvalue weighted by Crippen LogP contribution is -2.21. The predicted octanol–water partition coefficient (Wildman–Crippen LogP) is 3.53. The van der Waals surface area contributed by atoms with Crippen molar-refractivity contribution < 1.29 is 0 Å². The van der Waals surface area contributed by atoms with Gasteiger partial charge in [-0.15, -0.1) is 0 Å². The van der Waals surface area contributed by atoms with Gasteiger partial charge in [0.15, 0.2) is 0 Å². The Kier molecular flexibility index (Phi) is 5.43. The molecule has 0 saturated carbocycles. The fourth-order valence-electron chi connectivity index (χ4n) is 2.63. The number of hydrogen-bond acceptors (Lipinski definition) is 2. The van der Waals surface area contributed by atoms with Crippen LogP contribution < -0.4 is 5.73 Å². The molecule has 2 aromatic rings. The van der Waals surface area contributed by atoms with Gasteiger partial charge in [0.05, 0.1) is 16.4 Å². The zero-order valence-electron chi connectivity index (χ0n) is 13.1. The first-order chi connectivity index (χ1) is 10.0. The average molecular weight is 306 g/mol. The fraction of sp³-hybridized carbons (Fsp3) is 0.471. The summed E-state index contributed by atoms with van der Waals surface area (Å²) in [5.41, 5.74) is 10.6. The minimum absolute atomic E-state index is 0.381. The summed E-state index contributed by atoms with van der Waals surface area (Å²) >= 11 is 6.39. The Bertz CT molecular complexity index is 587. The SMILES string of the molecule is CCn1nc(C)c(Cl)c1CC(CN)Cc1ccc(C)cc1. The molecular weight excluding hydrogens is 282 g/mol.